The van der Waals surface area contributed by atoms with Crippen LogP contribution in [0.3, 0.4) is 0 Å². The minimum Gasteiger partial charge on any atom is -0.476 e. The van der Waals surface area contributed by atoms with Crippen LogP contribution in [-0.4, -0.2) is 49.8 Å². The summed E-state index contributed by atoms with van der Waals surface area (Å²) in [5.41, 5.74) is 0. The van der Waals surface area contributed by atoms with Gasteiger partial charge in [0.25, 0.3) is 5.91 Å². The fraction of sp³-hybridized carbons (Fsp3) is 0.538. The van der Waals surface area contributed by atoms with E-state index < -0.39 is 6.10 Å². The number of morpholine rings is 1. The number of nitrogens with zero attached hydrogens (tertiary/aromatic N) is 1. The second kappa shape index (κ2) is 5.54. The molecule has 0 aliphatic carbocycles. The fourth-order valence-corrected chi connectivity index (χ4v) is 2.42. The maximum Gasteiger partial charge on any atom is 0.266 e. The number of carbonyl (C=O) groups excluding carboxylic acids is 1. The molecule has 0 saturated carbocycles. The third-order valence-electron chi connectivity index (χ3n) is 3.53. The van der Waals surface area contributed by atoms with Crippen molar-refractivity contribution in [3.63, 3.8) is 0 Å². The SMILES string of the molecule is O=C1Nc2ncccc2O[C@H]1CC[NH+]1CCOCC1. The third-order valence-corrected chi connectivity index (χ3v) is 3.53. The Morgan fingerprint density at radius 2 is 2.26 bits per heavy atom. The topological polar surface area (TPSA) is 64.9 Å². The predicted octanol–water partition coefficient (Wildman–Crippen LogP) is -0.914. The molecule has 6 nitrogen and oxygen atoms in total. The van der Waals surface area contributed by atoms with Crippen LogP contribution in [0.4, 0.5) is 5.82 Å². The van der Waals surface area contributed by atoms with Crippen molar-refractivity contribution in [2.75, 3.05) is 38.2 Å². The van der Waals surface area contributed by atoms with E-state index in [0.717, 1.165) is 39.3 Å². The van der Waals surface area contributed by atoms with Gasteiger partial charge in [-0.15, -0.1) is 0 Å². The van der Waals surface area contributed by atoms with Gasteiger partial charge in [-0.1, -0.05) is 0 Å². The number of hydrogen-bond donors (Lipinski definition) is 2. The Morgan fingerprint density at radius 3 is 3.11 bits per heavy atom. The van der Waals surface area contributed by atoms with Crippen molar-refractivity contribution in [3.8, 4) is 5.75 Å². The molecular weight excluding hydrogens is 246 g/mol. The molecule has 19 heavy (non-hydrogen) atoms. The number of hydrogen-bond acceptors (Lipinski definition) is 4. The molecule has 102 valence electrons. The quantitative estimate of drug-likeness (QED) is 0.741. The number of amides is 1. The molecule has 0 aromatic carbocycles. The maximum absolute atomic E-state index is 11.9. The molecule has 1 amide bonds. The molecule has 1 aromatic rings. The van der Waals surface area contributed by atoms with Gasteiger partial charge < -0.3 is 19.7 Å². The monoisotopic (exact) mass is 264 g/mol. The molecule has 0 spiro atoms. The molecule has 0 radical (unpaired) electrons. The summed E-state index contributed by atoms with van der Waals surface area (Å²) in [6, 6.07) is 3.64. The van der Waals surface area contributed by atoms with Gasteiger partial charge in [0.05, 0.1) is 19.8 Å². The van der Waals surface area contributed by atoms with Crippen molar-refractivity contribution < 1.29 is 19.2 Å². The van der Waals surface area contributed by atoms with Crippen LogP contribution in [-0.2, 0) is 9.53 Å². The largest absolute Gasteiger partial charge is 0.476 e. The first kappa shape index (κ1) is 12.4. The van der Waals surface area contributed by atoms with Crippen LogP contribution in [0.1, 0.15) is 6.42 Å². The third kappa shape index (κ3) is 2.85. The number of pyridine rings is 1. The van der Waals surface area contributed by atoms with Crippen LogP contribution in [0, 0.1) is 0 Å². The van der Waals surface area contributed by atoms with Crippen LogP contribution >= 0.6 is 0 Å². The number of fused-ring (bicyclic) bond motifs is 1. The Bertz CT molecular complexity index is 460. The zero-order valence-electron chi connectivity index (χ0n) is 10.7. The van der Waals surface area contributed by atoms with E-state index in [0.29, 0.717) is 11.6 Å². The zero-order chi connectivity index (χ0) is 13.1. The maximum atomic E-state index is 11.9. The molecule has 1 aromatic heterocycles. The van der Waals surface area contributed by atoms with Gasteiger partial charge in [0, 0.05) is 12.6 Å². The Hall–Kier alpha value is -1.66. The first-order chi connectivity index (χ1) is 9.33. The zero-order valence-corrected chi connectivity index (χ0v) is 10.7. The van der Waals surface area contributed by atoms with Crippen LogP contribution in [0.25, 0.3) is 0 Å². The van der Waals surface area contributed by atoms with Crippen molar-refractivity contribution in [1.29, 1.82) is 0 Å². The summed E-state index contributed by atoms with van der Waals surface area (Å²) in [6.07, 6.45) is 1.95. The van der Waals surface area contributed by atoms with Crippen LogP contribution in [0.2, 0.25) is 0 Å². The van der Waals surface area contributed by atoms with Crippen LogP contribution in [0.5, 0.6) is 5.75 Å². The number of ether oxygens (including phenoxy) is 2. The van der Waals surface area contributed by atoms with Gasteiger partial charge in [0.2, 0.25) is 0 Å². The lowest BCUT2D eigenvalue weighted by Gasteiger charge is -2.28. The van der Waals surface area contributed by atoms with E-state index in [1.807, 2.05) is 6.07 Å². The molecule has 2 aliphatic heterocycles. The average molecular weight is 264 g/mol. The first-order valence-corrected chi connectivity index (χ1v) is 6.67. The van der Waals surface area contributed by atoms with Gasteiger partial charge >= 0.3 is 0 Å². The van der Waals surface area contributed by atoms with Crippen molar-refractivity contribution in [1.82, 2.24) is 4.98 Å². The van der Waals surface area contributed by atoms with E-state index in [1.54, 1.807) is 12.3 Å². The number of rotatable bonds is 3. The lowest BCUT2D eigenvalue weighted by molar-refractivity contribution is -0.908. The second-order valence-corrected chi connectivity index (χ2v) is 4.85. The standard InChI is InChI=1S/C13H17N3O3/c17-13-11(3-5-16-6-8-18-9-7-16)19-10-2-1-4-14-12(10)15-13/h1-2,4,11H,3,5-9H2,(H,14,15,17)/p+1/t11-/m0/s1. The van der Waals surface area contributed by atoms with Gasteiger partial charge in [-0.3, -0.25) is 4.79 Å². The molecule has 2 aliphatic rings. The Labute approximate surface area is 111 Å². The molecule has 0 bridgehead atoms. The van der Waals surface area contributed by atoms with Crippen LogP contribution < -0.4 is 15.0 Å². The summed E-state index contributed by atoms with van der Waals surface area (Å²) >= 11 is 0. The molecule has 6 heteroatoms. The summed E-state index contributed by atoms with van der Waals surface area (Å²) in [7, 11) is 0. The minimum absolute atomic E-state index is 0.0983. The summed E-state index contributed by atoms with van der Waals surface area (Å²) in [4.78, 5) is 17.5. The van der Waals surface area contributed by atoms with E-state index in [-0.39, 0.29) is 5.91 Å². The number of carbonyl (C=O) groups is 1. The highest BCUT2D eigenvalue weighted by Crippen LogP contribution is 2.26. The van der Waals surface area contributed by atoms with E-state index in [4.69, 9.17) is 9.47 Å². The smallest absolute Gasteiger partial charge is 0.266 e. The molecular formula is C13H18N3O3+. The predicted molar refractivity (Wildman–Crippen MR) is 68.3 cm³/mol. The number of aromatic nitrogens is 1. The van der Waals surface area contributed by atoms with E-state index in [2.05, 4.69) is 10.3 Å². The molecule has 0 unspecified atom stereocenters. The van der Waals surface area contributed by atoms with Crippen molar-refractivity contribution in [2.24, 2.45) is 0 Å². The molecule has 2 N–H and O–H groups in total. The average Bonchev–Trinajstić information content (AvgIpc) is 2.46. The fourth-order valence-electron chi connectivity index (χ4n) is 2.42. The lowest BCUT2D eigenvalue weighted by atomic mass is 10.2. The van der Waals surface area contributed by atoms with Gasteiger partial charge in [-0.25, -0.2) is 4.98 Å². The highest BCUT2D eigenvalue weighted by molar-refractivity contribution is 5.96. The normalized spacial score (nSPS) is 23.4. The highest BCUT2D eigenvalue weighted by Gasteiger charge is 2.29. The van der Waals surface area contributed by atoms with Crippen molar-refractivity contribution in [3.05, 3.63) is 18.3 Å². The summed E-state index contributed by atoms with van der Waals surface area (Å²) < 4.78 is 11.0. The van der Waals surface area contributed by atoms with Crippen molar-refractivity contribution >= 4 is 11.7 Å². The molecule has 1 atom stereocenters. The number of anilines is 1. The van der Waals surface area contributed by atoms with Gasteiger partial charge in [-0.2, -0.15) is 0 Å². The Kier molecular flexibility index (Phi) is 3.61. The molecule has 1 saturated heterocycles. The van der Waals surface area contributed by atoms with E-state index >= 15 is 0 Å². The Morgan fingerprint density at radius 1 is 1.42 bits per heavy atom. The number of nitrogens with one attached hydrogen (secondary N) is 2. The van der Waals surface area contributed by atoms with Gasteiger partial charge in [0.15, 0.2) is 17.7 Å². The molecule has 1 fully saturated rings. The van der Waals surface area contributed by atoms with Gasteiger partial charge in [-0.05, 0) is 12.1 Å². The molecule has 3 heterocycles. The van der Waals surface area contributed by atoms with E-state index in [9.17, 15) is 4.79 Å². The van der Waals surface area contributed by atoms with E-state index in [1.165, 1.54) is 4.90 Å². The summed E-state index contributed by atoms with van der Waals surface area (Å²) in [6.45, 7) is 4.55. The second-order valence-electron chi connectivity index (χ2n) is 4.85. The van der Waals surface area contributed by atoms with Crippen LogP contribution in [0.15, 0.2) is 18.3 Å². The summed E-state index contributed by atoms with van der Waals surface area (Å²) in [5.74, 6) is 1.07. The number of quaternary nitrogens is 1. The van der Waals surface area contributed by atoms with Crippen molar-refractivity contribution in [2.45, 2.75) is 12.5 Å². The lowest BCUT2D eigenvalue weighted by Crippen LogP contribution is -3.14. The highest BCUT2D eigenvalue weighted by atomic mass is 16.5. The minimum atomic E-state index is -0.410. The molecule has 3 rings (SSSR count). The Balaban J connectivity index is 1.58. The summed E-state index contributed by atoms with van der Waals surface area (Å²) in [5, 5.41) is 2.79. The van der Waals surface area contributed by atoms with Gasteiger partial charge in [0.1, 0.15) is 13.1 Å². The first-order valence-electron chi connectivity index (χ1n) is 6.67.